The van der Waals surface area contributed by atoms with Crippen LogP contribution < -0.4 is 4.90 Å². The Balaban J connectivity index is 1.01. The second kappa shape index (κ2) is 19.2. The van der Waals surface area contributed by atoms with Crippen molar-refractivity contribution in [2.24, 2.45) is 0 Å². The second-order valence-electron chi connectivity index (χ2n) is 19.9. The summed E-state index contributed by atoms with van der Waals surface area (Å²) in [5.74, 6) is -0.0976. The normalized spacial score (nSPS) is 11.9. The summed E-state index contributed by atoms with van der Waals surface area (Å²) in [6.45, 7) is 0. The van der Waals surface area contributed by atoms with E-state index in [-0.39, 0.29) is 5.92 Å². The van der Waals surface area contributed by atoms with Gasteiger partial charge in [0.25, 0.3) is 0 Å². The molecule has 76 heavy (non-hydrogen) atoms. The van der Waals surface area contributed by atoms with E-state index in [1.165, 1.54) is 98.5 Å². The van der Waals surface area contributed by atoms with Gasteiger partial charge in [-0.05, 0) is 147 Å². The molecule has 14 rings (SSSR count). The SMILES string of the molecule is c1ccc(-c2cc3cc(N(c4ccc(-c5cccc6ccccc56)cc4)c4cccc5ccccc45)c(-c4ccccc4)cc3cc2C(c2ccc(-c3cccc4ccccc34)cc2)c2cccc3ccccc23)cc1. The first-order valence-corrected chi connectivity index (χ1v) is 26.3. The van der Waals surface area contributed by atoms with Crippen LogP contribution >= 0.6 is 0 Å². The minimum Gasteiger partial charge on any atom is -0.309 e. The van der Waals surface area contributed by atoms with Crippen molar-refractivity contribution in [2.75, 3.05) is 4.90 Å². The lowest BCUT2D eigenvalue weighted by Gasteiger charge is -2.30. The van der Waals surface area contributed by atoms with Crippen LogP contribution in [-0.4, -0.2) is 0 Å². The third-order valence-corrected chi connectivity index (χ3v) is 15.6. The average Bonchev–Trinajstić information content (AvgIpc) is 3.50. The molecular formula is C75H51N. The lowest BCUT2D eigenvalue weighted by Crippen LogP contribution is -2.12. The predicted octanol–water partition coefficient (Wildman–Crippen LogP) is 20.8. The molecule has 0 saturated heterocycles. The monoisotopic (exact) mass is 965 g/mol. The van der Waals surface area contributed by atoms with Crippen molar-refractivity contribution in [3.8, 4) is 44.5 Å². The number of nitrogens with zero attached hydrogens (tertiary/aromatic N) is 1. The molecule has 0 spiro atoms. The molecule has 0 fully saturated rings. The average molecular weight is 966 g/mol. The Hall–Kier alpha value is -9.82. The Kier molecular flexibility index (Phi) is 11.3. The summed E-state index contributed by atoms with van der Waals surface area (Å²) in [6.07, 6.45) is 0. The summed E-state index contributed by atoms with van der Waals surface area (Å²) in [7, 11) is 0. The van der Waals surface area contributed by atoms with Crippen LogP contribution in [0.1, 0.15) is 22.6 Å². The van der Waals surface area contributed by atoms with E-state index in [1.54, 1.807) is 0 Å². The van der Waals surface area contributed by atoms with E-state index < -0.39 is 0 Å². The standard InChI is InChI=1S/C75H51N/c1-3-19-55(20-4-1)70-47-61-50-74(76(73-38-18-30-54-26-10-14-34-68(54)73)62-45-43-58(44-46-62)66-36-16-28-52-24-8-12-32-64(52)66)71(56-21-5-2-6-22-56)48-60(61)49-72(70)75(69-37-17-29-53-25-9-13-33-67(53)69)59-41-39-57(40-42-59)65-35-15-27-51-23-7-11-31-63(51)65/h1-50,75H. The smallest absolute Gasteiger partial charge is 0.0546 e. The van der Waals surface area contributed by atoms with Crippen molar-refractivity contribution < 1.29 is 0 Å². The molecule has 14 aromatic rings. The van der Waals surface area contributed by atoms with Crippen molar-refractivity contribution in [3.05, 3.63) is 320 Å². The lowest BCUT2D eigenvalue weighted by molar-refractivity contribution is 0.994. The summed E-state index contributed by atoms with van der Waals surface area (Å²) in [4.78, 5) is 2.49. The highest BCUT2D eigenvalue weighted by Crippen LogP contribution is 2.49. The Morgan fingerprint density at radius 3 is 1.25 bits per heavy atom. The number of benzene rings is 14. The molecule has 0 saturated carbocycles. The van der Waals surface area contributed by atoms with Gasteiger partial charge in [0.1, 0.15) is 0 Å². The molecule has 1 atom stereocenters. The van der Waals surface area contributed by atoms with Gasteiger partial charge in [0, 0.05) is 22.6 Å². The van der Waals surface area contributed by atoms with Gasteiger partial charge in [-0.1, -0.05) is 261 Å². The first kappa shape index (κ1) is 44.8. The lowest BCUT2D eigenvalue weighted by atomic mass is 9.78. The Morgan fingerprint density at radius 2 is 0.645 bits per heavy atom. The molecule has 0 amide bonds. The summed E-state index contributed by atoms with van der Waals surface area (Å²) >= 11 is 0. The maximum Gasteiger partial charge on any atom is 0.0546 e. The highest BCUT2D eigenvalue weighted by Gasteiger charge is 2.26. The van der Waals surface area contributed by atoms with E-state index in [9.17, 15) is 0 Å². The number of hydrogen-bond donors (Lipinski definition) is 0. The largest absolute Gasteiger partial charge is 0.309 e. The summed E-state index contributed by atoms with van der Waals surface area (Å²) in [6, 6.07) is 112. The molecule has 0 N–H and O–H groups in total. The highest BCUT2D eigenvalue weighted by atomic mass is 15.1. The van der Waals surface area contributed by atoms with Crippen molar-refractivity contribution in [1.82, 2.24) is 0 Å². The van der Waals surface area contributed by atoms with Gasteiger partial charge in [-0.15, -0.1) is 0 Å². The molecule has 0 aromatic heterocycles. The van der Waals surface area contributed by atoms with Crippen LogP contribution in [0.3, 0.4) is 0 Å². The molecule has 1 unspecified atom stereocenters. The molecule has 0 aliphatic rings. The van der Waals surface area contributed by atoms with E-state index in [4.69, 9.17) is 0 Å². The third kappa shape index (κ3) is 8.07. The van der Waals surface area contributed by atoms with Gasteiger partial charge in [-0.2, -0.15) is 0 Å². The molecule has 356 valence electrons. The zero-order valence-corrected chi connectivity index (χ0v) is 41.9. The van der Waals surface area contributed by atoms with Crippen molar-refractivity contribution in [1.29, 1.82) is 0 Å². The van der Waals surface area contributed by atoms with Crippen molar-refractivity contribution in [3.63, 3.8) is 0 Å². The number of fused-ring (bicyclic) bond motifs is 5. The minimum atomic E-state index is -0.0976. The van der Waals surface area contributed by atoms with Crippen LogP contribution in [0.5, 0.6) is 0 Å². The zero-order chi connectivity index (χ0) is 50.4. The van der Waals surface area contributed by atoms with Crippen LogP contribution in [0.15, 0.2) is 303 Å². The molecule has 0 heterocycles. The molecule has 0 aliphatic heterocycles. The topological polar surface area (TPSA) is 3.24 Å². The predicted molar refractivity (Wildman–Crippen MR) is 324 cm³/mol. The van der Waals surface area contributed by atoms with E-state index in [0.29, 0.717) is 0 Å². The summed E-state index contributed by atoms with van der Waals surface area (Å²) < 4.78 is 0. The van der Waals surface area contributed by atoms with Gasteiger partial charge in [0.15, 0.2) is 0 Å². The van der Waals surface area contributed by atoms with E-state index in [1.807, 2.05) is 0 Å². The fraction of sp³-hybridized carbons (Fsp3) is 0.0133. The van der Waals surface area contributed by atoms with Gasteiger partial charge in [-0.25, -0.2) is 0 Å². The summed E-state index contributed by atoms with van der Waals surface area (Å²) in [5, 5.41) is 12.2. The van der Waals surface area contributed by atoms with Gasteiger partial charge in [0.05, 0.1) is 11.4 Å². The number of rotatable bonds is 10. The molecule has 0 bridgehead atoms. The fourth-order valence-electron chi connectivity index (χ4n) is 11.9. The fourth-order valence-corrected chi connectivity index (χ4v) is 11.9. The van der Waals surface area contributed by atoms with Crippen LogP contribution in [-0.2, 0) is 0 Å². The highest BCUT2D eigenvalue weighted by molar-refractivity contribution is 6.06. The second-order valence-corrected chi connectivity index (χ2v) is 19.9. The van der Waals surface area contributed by atoms with Gasteiger partial charge >= 0.3 is 0 Å². The Labute approximate surface area is 443 Å². The van der Waals surface area contributed by atoms with Gasteiger partial charge in [-0.3, -0.25) is 0 Å². The maximum absolute atomic E-state index is 2.50. The molecular weight excluding hydrogens is 915 g/mol. The minimum absolute atomic E-state index is 0.0976. The first-order valence-electron chi connectivity index (χ1n) is 26.3. The molecule has 1 heteroatoms. The number of hydrogen-bond acceptors (Lipinski definition) is 1. The van der Waals surface area contributed by atoms with Crippen LogP contribution in [0.2, 0.25) is 0 Å². The van der Waals surface area contributed by atoms with E-state index >= 15 is 0 Å². The summed E-state index contributed by atoms with van der Waals surface area (Å²) in [5.41, 5.74) is 16.6. The van der Waals surface area contributed by atoms with Crippen molar-refractivity contribution in [2.45, 2.75) is 5.92 Å². The van der Waals surface area contributed by atoms with E-state index in [0.717, 1.165) is 33.6 Å². The van der Waals surface area contributed by atoms with Crippen LogP contribution in [0.25, 0.3) is 98.4 Å². The van der Waals surface area contributed by atoms with Gasteiger partial charge in [0.2, 0.25) is 0 Å². The first-order chi connectivity index (χ1) is 37.7. The molecule has 0 radical (unpaired) electrons. The molecule has 1 nitrogen and oxygen atoms in total. The number of anilines is 3. The third-order valence-electron chi connectivity index (χ3n) is 15.6. The van der Waals surface area contributed by atoms with Gasteiger partial charge < -0.3 is 4.90 Å². The Morgan fingerprint density at radius 1 is 0.224 bits per heavy atom. The van der Waals surface area contributed by atoms with E-state index in [2.05, 4.69) is 308 Å². The van der Waals surface area contributed by atoms with Crippen LogP contribution in [0, 0.1) is 0 Å². The quantitative estimate of drug-likeness (QED) is 0.123. The zero-order valence-electron chi connectivity index (χ0n) is 41.9. The maximum atomic E-state index is 2.50. The van der Waals surface area contributed by atoms with Crippen LogP contribution in [0.4, 0.5) is 17.1 Å². The Bertz CT molecular complexity index is 4130. The van der Waals surface area contributed by atoms with Crippen molar-refractivity contribution >= 4 is 70.9 Å². The molecule has 0 aliphatic carbocycles. The molecule has 14 aromatic carbocycles.